The monoisotopic (exact) mass is 400 g/mol. The van der Waals surface area contributed by atoms with Crippen LogP contribution in [0.4, 0.5) is 11.6 Å². The van der Waals surface area contributed by atoms with Gasteiger partial charge in [0.25, 0.3) is 0 Å². The molecule has 0 saturated heterocycles. The van der Waals surface area contributed by atoms with Crippen molar-refractivity contribution in [1.82, 2.24) is 15.0 Å². The molecular weight excluding hydrogens is 376 g/mol. The molecule has 2 heterocycles. The van der Waals surface area contributed by atoms with Gasteiger partial charge < -0.3 is 15.2 Å². The molecule has 0 radical (unpaired) electrons. The van der Waals surface area contributed by atoms with Crippen molar-refractivity contribution in [3.63, 3.8) is 0 Å². The maximum Gasteiger partial charge on any atom is 0.227 e. The summed E-state index contributed by atoms with van der Waals surface area (Å²) in [6.45, 7) is 1.99. The van der Waals surface area contributed by atoms with E-state index in [2.05, 4.69) is 21.4 Å². The number of hydrogen-bond donors (Lipinski definition) is 2. The minimum Gasteiger partial charge on any atom is -0.488 e. The van der Waals surface area contributed by atoms with Crippen molar-refractivity contribution in [2.45, 2.75) is 44.8 Å². The summed E-state index contributed by atoms with van der Waals surface area (Å²) in [5, 5.41) is 15.0. The molecular formula is C24H24N4O2. The number of aliphatic hydroxyl groups excluding tert-OH is 1. The number of aromatic nitrogens is 3. The van der Waals surface area contributed by atoms with Crippen LogP contribution in [0.2, 0.25) is 0 Å². The molecule has 6 heteroatoms. The number of aryl methyl sites for hydroxylation is 1. The molecule has 152 valence electrons. The molecule has 0 atom stereocenters. The van der Waals surface area contributed by atoms with Gasteiger partial charge in [0.15, 0.2) is 0 Å². The van der Waals surface area contributed by atoms with Crippen molar-refractivity contribution in [2.24, 2.45) is 0 Å². The third kappa shape index (κ3) is 3.91. The Morgan fingerprint density at radius 2 is 1.83 bits per heavy atom. The van der Waals surface area contributed by atoms with Gasteiger partial charge in [-0.1, -0.05) is 18.2 Å². The van der Waals surface area contributed by atoms with E-state index < -0.39 is 0 Å². The molecule has 30 heavy (non-hydrogen) atoms. The first kappa shape index (κ1) is 18.8. The van der Waals surface area contributed by atoms with Crippen LogP contribution in [0.15, 0.2) is 54.7 Å². The smallest absolute Gasteiger partial charge is 0.227 e. The lowest BCUT2D eigenvalue weighted by molar-refractivity contribution is 0.0672. The molecule has 2 N–H and O–H groups in total. The first-order chi connectivity index (χ1) is 14.6. The summed E-state index contributed by atoms with van der Waals surface area (Å²) < 4.78 is 6.25. The molecule has 1 aliphatic carbocycles. The van der Waals surface area contributed by atoms with Crippen LogP contribution in [0.3, 0.4) is 0 Å². The highest BCUT2D eigenvalue weighted by Crippen LogP contribution is 2.30. The van der Waals surface area contributed by atoms with Crippen molar-refractivity contribution >= 4 is 33.4 Å². The van der Waals surface area contributed by atoms with E-state index in [4.69, 9.17) is 9.72 Å². The fourth-order valence-corrected chi connectivity index (χ4v) is 3.96. The van der Waals surface area contributed by atoms with Crippen LogP contribution in [-0.2, 0) is 0 Å². The molecule has 2 aromatic heterocycles. The molecule has 0 amide bonds. The minimum atomic E-state index is -0.198. The van der Waals surface area contributed by atoms with Gasteiger partial charge in [0.2, 0.25) is 5.95 Å². The summed E-state index contributed by atoms with van der Waals surface area (Å²) in [7, 11) is 0. The van der Waals surface area contributed by atoms with Gasteiger partial charge in [0, 0.05) is 28.4 Å². The third-order valence-electron chi connectivity index (χ3n) is 5.60. The van der Waals surface area contributed by atoms with Crippen molar-refractivity contribution in [3.05, 3.63) is 60.4 Å². The van der Waals surface area contributed by atoms with Crippen molar-refractivity contribution in [3.8, 4) is 5.75 Å². The van der Waals surface area contributed by atoms with Crippen LogP contribution < -0.4 is 10.1 Å². The number of para-hydroxylation sites is 1. The zero-order valence-electron chi connectivity index (χ0n) is 16.9. The first-order valence-corrected chi connectivity index (χ1v) is 10.4. The molecule has 2 aromatic carbocycles. The lowest BCUT2D eigenvalue weighted by Crippen LogP contribution is -2.26. The van der Waals surface area contributed by atoms with Crippen LogP contribution in [-0.4, -0.2) is 32.3 Å². The molecule has 1 fully saturated rings. The highest BCUT2D eigenvalue weighted by molar-refractivity contribution is 5.86. The van der Waals surface area contributed by atoms with Gasteiger partial charge in [-0.3, -0.25) is 4.98 Å². The fourth-order valence-electron chi connectivity index (χ4n) is 3.96. The summed E-state index contributed by atoms with van der Waals surface area (Å²) in [4.78, 5) is 13.7. The second-order valence-corrected chi connectivity index (χ2v) is 7.92. The summed E-state index contributed by atoms with van der Waals surface area (Å²) in [6.07, 6.45) is 5.02. The summed E-state index contributed by atoms with van der Waals surface area (Å²) in [5.41, 5.74) is 3.67. The van der Waals surface area contributed by atoms with Gasteiger partial charge in [0.05, 0.1) is 17.7 Å². The van der Waals surface area contributed by atoms with E-state index in [0.29, 0.717) is 5.95 Å². The number of rotatable bonds is 4. The van der Waals surface area contributed by atoms with E-state index >= 15 is 0 Å². The van der Waals surface area contributed by atoms with Crippen molar-refractivity contribution < 1.29 is 9.84 Å². The average molecular weight is 400 g/mol. The van der Waals surface area contributed by atoms with Gasteiger partial charge in [-0.25, -0.2) is 9.97 Å². The normalized spacial score (nSPS) is 19.1. The summed E-state index contributed by atoms with van der Waals surface area (Å²) in [6, 6.07) is 16.0. The van der Waals surface area contributed by atoms with Gasteiger partial charge in [-0.05, 0) is 62.9 Å². The predicted octanol–water partition coefficient (Wildman–Crippen LogP) is 4.91. The Morgan fingerprint density at radius 3 is 2.70 bits per heavy atom. The van der Waals surface area contributed by atoms with Crippen molar-refractivity contribution in [1.29, 1.82) is 0 Å². The topological polar surface area (TPSA) is 80.2 Å². The van der Waals surface area contributed by atoms with E-state index in [9.17, 15) is 5.11 Å². The Hall–Kier alpha value is -3.25. The largest absolute Gasteiger partial charge is 0.488 e. The standard InChI is InChI=1S/C24H24N4O2/c1-15-5-6-16-13-18(7-12-21(16)26-15)27-24-25-14-17-3-2-4-22(23(17)28-24)30-20-10-8-19(29)9-11-20/h2-7,12-14,19-20,29H,8-11H2,1H3,(H,25,27,28)/t19-,20+. The summed E-state index contributed by atoms with van der Waals surface area (Å²) in [5.74, 6) is 1.29. The van der Waals surface area contributed by atoms with Crippen LogP contribution in [0.1, 0.15) is 31.4 Å². The van der Waals surface area contributed by atoms with Crippen LogP contribution in [0, 0.1) is 6.92 Å². The maximum atomic E-state index is 9.73. The van der Waals surface area contributed by atoms with Gasteiger partial charge >= 0.3 is 0 Å². The predicted molar refractivity (Wildman–Crippen MR) is 118 cm³/mol. The number of anilines is 2. The molecule has 0 aliphatic heterocycles. The quantitative estimate of drug-likeness (QED) is 0.507. The Balaban J connectivity index is 1.42. The SMILES string of the molecule is Cc1ccc2cc(Nc3ncc4cccc(O[C@H]5CC[C@@H](O)CC5)c4n3)ccc2n1. The van der Waals surface area contributed by atoms with Gasteiger partial charge in [-0.2, -0.15) is 0 Å². The fraction of sp³-hybridized carbons (Fsp3) is 0.292. The second-order valence-electron chi connectivity index (χ2n) is 7.92. The van der Waals surface area contributed by atoms with Gasteiger partial charge in [0.1, 0.15) is 11.3 Å². The average Bonchev–Trinajstić information content (AvgIpc) is 2.76. The van der Waals surface area contributed by atoms with Crippen LogP contribution >= 0.6 is 0 Å². The highest BCUT2D eigenvalue weighted by atomic mass is 16.5. The number of benzene rings is 2. The second kappa shape index (κ2) is 7.88. The maximum absolute atomic E-state index is 9.73. The molecule has 0 unspecified atom stereocenters. The minimum absolute atomic E-state index is 0.113. The molecule has 6 nitrogen and oxygen atoms in total. The Morgan fingerprint density at radius 1 is 0.967 bits per heavy atom. The van der Waals surface area contributed by atoms with Crippen LogP contribution in [0.25, 0.3) is 21.8 Å². The lowest BCUT2D eigenvalue weighted by atomic mass is 9.95. The first-order valence-electron chi connectivity index (χ1n) is 10.4. The van der Waals surface area contributed by atoms with E-state index in [1.54, 1.807) is 0 Å². The number of ether oxygens (including phenoxy) is 1. The Kier molecular flexibility index (Phi) is 4.93. The van der Waals surface area contributed by atoms with Gasteiger partial charge in [-0.15, -0.1) is 0 Å². The third-order valence-corrected chi connectivity index (χ3v) is 5.60. The number of aliphatic hydroxyl groups is 1. The molecule has 0 bridgehead atoms. The lowest BCUT2D eigenvalue weighted by Gasteiger charge is -2.26. The molecule has 0 spiro atoms. The number of fused-ring (bicyclic) bond motifs is 2. The number of pyridine rings is 1. The van der Waals surface area contributed by atoms with E-state index in [1.165, 1.54) is 0 Å². The number of hydrogen-bond acceptors (Lipinski definition) is 6. The Labute approximate surface area is 175 Å². The number of nitrogens with one attached hydrogen (secondary N) is 1. The Bertz CT molecular complexity index is 1200. The summed E-state index contributed by atoms with van der Waals surface area (Å²) >= 11 is 0. The number of nitrogens with zero attached hydrogens (tertiary/aromatic N) is 3. The molecule has 4 aromatic rings. The van der Waals surface area contributed by atoms with Crippen LogP contribution in [0.5, 0.6) is 5.75 Å². The molecule has 5 rings (SSSR count). The highest BCUT2D eigenvalue weighted by Gasteiger charge is 2.21. The molecule has 1 aliphatic rings. The van der Waals surface area contributed by atoms with Crippen molar-refractivity contribution in [2.75, 3.05) is 5.32 Å². The zero-order chi connectivity index (χ0) is 20.5. The van der Waals surface area contributed by atoms with E-state index in [0.717, 1.165) is 64.6 Å². The van der Waals surface area contributed by atoms with E-state index in [1.807, 2.05) is 55.6 Å². The van der Waals surface area contributed by atoms with E-state index in [-0.39, 0.29) is 12.2 Å². The molecule has 1 saturated carbocycles. The zero-order valence-corrected chi connectivity index (χ0v) is 16.9.